The molecule has 2 rings (SSSR count). The second kappa shape index (κ2) is 4.93. The van der Waals surface area contributed by atoms with E-state index in [0.29, 0.717) is 4.99 Å². The van der Waals surface area contributed by atoms with Crippen LogP contribution < -0.4 is 10.6 Å². The van der Waals surface area contributed by atoms with Crippen molar-refractivity contribution in [1.82, 2.24) is 4.98 Å². The van der Waals surface area contributed by atoms with E-state index in [1.807, 2.05) is 54.4 Å². The fraction of sp³-hybridized carbons (Fsp3) is 0.0769. The molecule has 2 aromatic rings. The molecule has 17 heavy (non-hydrogen) atoms. The molecule has 0 saturated heterocycles. The lowest BCUT2D eigenvalue weighted by Crippen LogP contribution is -2.18. The molecule has 0 aliphatic rings. The normalized spacial score (nSPS) is 9.94. The quantitative estimate of drug-likeness (QED) is 0.841. The summed E-state index contributed by atoms with van der Waals surface area (Å²) < 4.78 is 0. The molecule has 3 nitrogen and oxygen atoms in total. The van der Waals surface area contributed by atoms with E-state index in [1.165, 1.54) is 0 Å². The van der Waals surface area contributed by atoms with Gasteiger partial charge in [-0.1, -0.05) is 30.4 Å². The van der Waals surface area contributed by atoms with Gasteiger partial charge in [-0.05, 0) is 24.3 Å². The Bertz CT molecular complexity index is 525. The molecule has 0 amide bonds. The predicted molar refractivity (Wildman–Crippen MR) is 74.6 cm³/mol. The molecule has 0 bridgehead atoms. The summed E-state index contributed by atoms with van der Waals surface area (Å²) in [6, 6.07) is 13.5. The van der Waals surface area contributed by atoms with Crippen LogP contribution in [0, 0.1) is 0 Å². The Labute approximate surface area is 106 Å². The van der Waals surface area contributed by atoms with E-state index in [-0.39, 0.29) is 0 Å². The van der Waals surface area contributed by atoms with Gasteiger partial charge in [-0.2, -0.15) is 0 Å². The fourth-order valence-corrected chi connectivity index (χ4v) is 1.82. The van der Waals surface area contributed by atoms with Crippen LogP contribution in [0.3, 0.4) is 0 Å². The van der Waals surface area contributed by atoms with Crippen LogP contribution in [0.15, 0.2) is 48.7 Å². The van der Waals surface area contributed by atoms with E-state index in [0.717, 1.165) is 17.1 Å². The molecular formula is C13H13N3S. The van der Waals surface area contributed by atoms with Crippen LogP contribution in [0.5, 0.6) is 0 Å². The Balaban J connectivity index is 2.44. The topological polar surface area (TPSA) is 42.2 Å². The summed E-state index contributed by atoms with van der Waals surface area (Å²) in [5.41, 5.74) is 7.53. The lowest BCUT2D eigenvalue weighted by atomic mass is 10.1. The van der Waals surface area contributed by atoms with Crippen LogP contribution in [-0.4, -0.2) is 17.0 Å². The van der Waals surface area contributed by atoms with Crippen LogP contribution in [0.1, 0.15) is 5.56 Å². The van der Waals surface area contributed by atoms with Crippen molar-refractivity contribution in [3.8, 4) is 0 Å². The predicted octanol–water partition coefficient (Wildman–Crippen LogP) is 2.48. The molecule has 0 saturated carbocycles. The van der Waals surface area contributed by atoms with Crippen LogP contribution in [0.25, 0.3) is 0 Å². The van der Waals surface area contributed by atoms with Crippen molar-refractivity contribution < 1.29 is 0 Å². The Hall–Kier alpha value is -1.94. The molecule has 4 heteroatoms. The standard InChI is InChI=1S/C13H13N3S/c1-16(12-8-4-5-9-15-12)11-7-3-2-6-10(11)13(14)17/h2-9H,1H3,(H2,14,17). The molecule has 2 N–H and O–H groups in total. The molecule has 0 fully saturated rings. The first-order valence-corrected chi connectivity index (χ1v) is 5.64. The molecule has 0 radical (unpaired) electrons. The Morgan fingerprint density at radius 2 is 1.88 bits per heavy atom. The average molecular weight is 243 g/mol. The van der Waals surface area contributed by atoms with Gasteiger partial charge in [0.05, 0.1) is 5.69 Å². The molecule has 86 valence electrons. The van der Waals surface area contributed by atoms with Gasteiger partial charge < -0.3 is 10.6 Å². The molecule has 1 aromatic heterocycles. The van der Waals surface area contributed by atoms with Crippen molar-refractivity contribution in [2.45, 2.75) is 0 Å². The van der Waals surface area contributed by atoms with Crippen molar-refractivity contribution in [1.29, 1.82) is 0 Å². The van der Waals surface area contributed by atoms with Crippen molar-refractivity contribution in [3.05, 3.63) is 54.2 Å². The first-order valence-electron chi connectivity index (χ1n) is 5.24. The fourth-order valence-electron chi connectivity index (χ4n) is 1.65. The van der Waals surface area contributed by atoms with E-state index < -0.39 is 0 Å². The molecule has 0 unspecified atom stereocenters. The minimum atomic E-state index is 0.392. The summed E-state index contributed by atoms with van der Waals surface area (Å²) in [5, 5.41) is 0. The number of anilines is 2. The van der Waals surface area contributed by atoms with Crippen LogP contribution in [-0.2, 0) is 0 Å². The Morgan fingerprint density at radius 1 is 1.18 bits per heavy atom. The summed E-state index contributed by atoms with van der Waals surface area (Å²) in [6.45, 7) is 0. The van der Waals surface area contributed by atoms with Gasteiger partial charge in [0.25, 0.3) is 0 Å². The Kier molecular flexibility index (Phi) is 3.35. The third kappa shape index (κ3) is 2.42. The number of nitrogens with zero attached hydrogens (tertiary/aromatic N) is 2. The maximum atomic E-state index is 5.71. The highest BCUT2D eigenvalue weighted by atomic mass is 32.1. The lowest BCUT2D eigenvalue weighted by Gasteiger charge is -2.20. The smallest absolute Gasteiger partial charge is 0.132 e. The number of pyridine rings is 1. The van der Waals surface area contributed by atoms with Gasteiger partial charge in [0.15, 0.2) is 0 Å². The minimum Gasteiger partial charge on any atom is -0.389 e. The number of rotatable bonds is 3. The first-order chi connectivity index (χ1) is 8.20. The number of benzene rings is 1. The maximum Gasteiger partial charge on any atom is 0.132 e. The van der Waals surface area contributed by atoms with Gasteiger partial charge in [0.2, 0.25) is 0 Å². The average Bonchev–Trinajstić information content (AvgIpc) is 2.39. The van der Waals surface area contributed by atoms with Gasteiger partial charge in [0, 0.05) is 18.8 Å². The van der Waals surface area contributed by atoms with E-state index in [9.17, 15) is 0 Å². The summed E-state index contributed by atoms with van der Waals surface area (Å²) >= 11 is 5.05. The number of hydrogen-bond donors (Lipinski definition) is 1. The SMILES string of the molecule is CN(c1ccccn1)c1ccccc1C(N)=S. The number of para-hydroxylation sites is 1. The van der Waals surface area contributed by atoms with Crippen LogP contribution in [0.2, 0.25) is 0 Å². The molecule has 0 spiro atoms. The van der Waals surface area contributed by atoms with E-state index in [4.69, 9.17) is 18.0 Å². The molecule has 1 aromatic carbocycles. The largest absolute Gasteiger partial charge is 0.389 e. The van der Waals surface area contributed by atoms with Gasteiger partial charge in [-0.25, -0.2) is 4.98 Å². The van der Waals surface area contributed by atoms with Gasteiger partial charge in [0.1, 0.15) is 10.8 Å². The molecule has 0 aliphatic heterocycles. The lowest BCUT2D eigenvalue weighted by molar-refractivity contribution is 1.12. The van der Waals surface area contributed by atoms with Crippen molar-refractivity contribution >= 4 is 28.7 Å². The highest BCUT2D eigenvalue weighted by Gasteiger charge is 2.10. The number of aromatic nitrogens is 1. The number of hydrogen-bond acceptors (Lipinski definition) is 3. The van der Waals surface area contributed by atoms with Gasteiger partial charge in [-0.3, -0.25) is 0 Å². The summed E-state index contributed by atoms with van der Waals surface area (Å²) in [6.07, 6.45) is 1.76. The number of thiocarbonyl (C=S) groups is 1. The second-order valence-corrected chi connectivity index (χ2v) is 4.07. The molecule has 0 atom stereocenters. The third-order valence-electron chi connectivity index (χ3n) is 2.52. The highest BCUT2D eigenvalue weighted by Crippen LogP contribution is 2.24. The first kappa shape index (κ1) is 11.5. The second-order valence-electron chi connectivity index (χ2n) is 3.63. The third-order valence-corrected chi connectivity index (χ3v) is 2.74. The maximum absolute atomic E-state index is 5.71. The van der Waals surface area contributed by atoms with E-state index >= 15 is 0 Å². The zero-order valence-electron chi connectivity index (χ0n) is 9.50. The van der Waals surface area contributed by atoms with Crippen molar-refractivity contribution in [2.24, 2.45) is 5.73 Å². The monoisotopic (exact) mass is 243 g/mol. The molecular weight excluding hydrogens is 230 g/mol. The van der Waals surface area contributed by atoms with Gasteiger partial charge in [-0.15, -0.1) is 0 Å². The summed E-state index contributed by atoms with van der Waals surface area (Å²) in [5.74, 6) is 0.858. The van der Waals surface area contributed by atoms with Gasteiger partial charge >= 0.3 is 0 Å². The zero-order chi connectivity index (χ0) is 12.3. The van der Waals surface area contributed by atoms with Crippen LogP contribution >= 0.6 is 12.2 Å². The van der Waals surface area contributed by atoms with E-state index in [1.54, 1.807) is 6.20 Å². The summed E-state index contributed by atoms with van der Waals surface area (Å²) in [4.78, 5) is 6.66. The zero-order valence-corrected chi connectivity index (χ0v) is 10.3. The number of nitrogens with two attached hydrogens (primary N) is 1. The van der Waals surface area contributed by atoms with Crippen molar-refractivity contribution in [3.63, 3.8) is 0 Å². The Morgan fingerprint density at radius 3 is 2.53 bits per heavy atom. The highest BCUT2D eigenvalue weighted by molar-refractivity contribution is 7.80. The molecule has 1 heterocycles. The van der Waals surface area contributed by atoms with Crippen LogP contribution in [0.4, 0.5) is 11.5 Å². The van der Waals surface area contributed by atoms with E-state index in [2.05, 4.69) is 4.98 Å². The minimum absolute atomic E-state index is 0.392. The van der Waals surface area contributed by atoms with Crippen molar-refractivity contribution in [2.75, 3.05) is 11.9 Å². The molecule has 0 aliphatic carbocycles. The summed E-state index contributed by atoms with van der Waals surface area (Å²) in [7, 11) is 1.94.